The Balaban J connectivity index is 1.28. The van der Waals surface area contributed by atoms with Crippen molar-refractivity contribution in [2.24, 2.45) is 5.10 Å². The lowest BCUT2D eigenvalue weighted by atomic mass is 10.0. The summed E-state index contributed by atoms with van der Waals surface area (Å²) >= 11 is 6.04. The van der Waals surface area contributed by atoms with Crippen LogP contribution in [0, 0.1) is 0 Å². The molecule has 0 bridgehead atoms. The van der Waals surface area contributed by atoms with Crippen LogP contribution < -0.4 is 14.9 Å². The van der Waals surface area contributed by atoms with Crippen LogP contribution in [-0.2, 0) is 11.3 Å². The fourth-order valence-electron chi connectivity index (χ4n) is 4.26. The third-order valence-corrected chi connectivity index (χ3v) is 6.69. The molecule has 8 nitrogen and oxygen atoms in total. The van der Waals surface area contributed by atoms with Crippen LogP contribution >= 0.6 is 11.6 Å². The summed E-state index contributed by atoms with van der Waals surface area (Å²) in [5, 5.41) is 5.50. The monoisotopic (exact) mass is 579 g/mol. The molecule has 5 aromatic rings. The SMILES string of the molecule is COC(=O)c1ccc(COc2ccc(/C=N/NC(=O)c3cc(-c4ccc(Cl)cc4)nc4ccccc34)cc2OC)cc1. The molecule has 4 aromatic carbocycles. The number of nitrogens with zero attached hydrogens (tertiary/aromatic N) is 2. The van der Waals surface area contributed by atoms with Gasteiger partial charge in [0.2, 0.25) is 0 Å². The molecule has 0 aliphatic rings. The molecule has 0 fully saturated rings. The Morgan fingerprint density at radius 2 is 1.67 bits per heavy atom. The number of benzene rings is 4. The highest BCUT2D eigenvalue weighted by molar-refractivity contribution is 6.30. The number of hydrazone groups is 1. The summed E-state index contributed by atoms with van der Waals surface area (Å²) in [6, 6.07) is 28.8. The van der Waals surface area contributed by atoms with Crippen molar-refractivity contribution in [3.63, 3.8) is 0 Å². The number of methoxy groups -OCH3 is 2. The van der Waals surface area contributed by atoms with Crippen molar-refractivity contribution in [2.75, 3.05) is 14.2 Å². The van der Waals surface area contributed by atoms with Gasteiger partial charge < -0.3 is 14.2 Å². The number of rotatable bonds is 9. The minimum atomic E-state index is -0.394. The van der Waals surface area contributed by atoms with Gasteiger partial charge in [-0.05, 0) is 65.7 Å². The van der Waals surface area contributed by atoms with Crippen LogP contribution in [0.5, 0.6) is 11.5 Å². The third-order valence-electron chi connectivity index (χ3n) is 6.44. The number of amides is 1. The highest BCUT2D eigenvalue weighted by atomic mass is 35.5. The van der Waals surface area contributed by atoms with E-state index < -0.39 is 5.97 Å². The smallest absolute Gasteiger partial charge is 0.337 e. The summed E-state index contributed by atoms with van der Waals surface area (Å²) in [7, 11) is 2.89. The van der Waals surface area contributed by atoms with E-state index in [-0.39, 0.29) is 12.5 Å². The van der Waals surface area contributed by atoms with Crippen molar-refractivity contribution in [3.8, 4) is 22.8 Å². The minimum absolute atomic E-state index is 0.277. The molecule has 1 amide bonds. The number of aromatic nitrogens is 1. The van der Waals surface area contributed by atoms with Gasteiger partial charge in [0.1, 0.15) is 6.61 Å². The largest absolute Gasteiger partial charge is 0.493 e. The second-order valence-electron chi connectivity index (χ2n) is 9.17. The van der Waals surface area contributed by atoms with E-state index in [9.17, 15) is 9.59 Å². The molecule has 0 aliphatic carbocycles. The maximum absolute atomic E-state index is 13.2. The minimum Gasteiger partial charge on any atom is -0.493 e. The van der Waals surface area contributed by atoms with Crippen LogP contribution in [0.3, 0.4) is 0 Å². The molecule has 0 spiro atoms. The van der Waals surface area contributed by atoms with Gasteiger partial charge in [-0.1, -0.05) is 54.1 Å². The van der Waals surface area contributed by atoms with Gasteiger partial charge in [0.15, 0.2) is 11.5 Å². The van der Waals surface area contributed by atoms with E-state index in [1.165, 1.54) is 13.3 Å². The number of para-hydroxylation sites is 1. The average molecular weight is 580 g/mol. The molecule has 9 heteroatoms. The molecule has 0 saturated carbocycles. The first-order valence-electron chi connectivity index (χ1n) is 12.9. The fraction of sp³-hybridized carbons (Fsp3) is 0.0909. The lowest BCUT2D eigenvalue weighted by Crippen LogP contribution is -2.18. The first-order valence-corrected chi connectivity index (χ1v) is 13.3. The van der Waals surface area contributed by atoms with Gasteiger partial charge in [0, 0.05) is 16.0 Å². The highest BCUT2D eigenvalue weighted by Gasteiger charge is 2.14. The predicted octanol–water partition coefficient (Wildman–Crippen LogP) is 6.69. The van der Waals surface area contributed by atoms with Crippen LogP contribution in [-0.4, -0.2) is 37.3 Å². The number of halogens is 1. The van der Waals surface area contributed by atoms with Crippen molar-refractivity contribution in [1.29, 1.82) is 0 Å². The standard InChI is InChI=1S/C33H26ClN3O5/c1-40-31-17-22(9-16-30(31)42-20-21-7-10-24(11-8-21)33(39)41-2)19-35-37-32(38)27-18-29(23-12-14-25(34)15-13-23)36-28-6-4-3-5-26(27)28/h3-19H,20H2,1-2H3,(H,37,38)/b35-19+. The van der Waals surface area contributed by atoms with Gasteiger partial charge in [0.05, 0.1) is 42.8 Å². The molecule has 0 radical (unpaired) electrons. The van der Waals surface area contributed by atoms with E-state index in [1.54, 1.807) is 67.8 Å². The van der Waals surface area contributed by atoms with Gasteiger partial charge in [-0.25, -0.2) is 15.2 Å². The Morgan fingerprint density at radius 3 is 2.40 bits per heavy atom. The maximum Gasteiger partial charge on any atom is 0.337 e. The summed E-state index contributed by atoms with van der Waals surface area (Å²) in [5.74, 6) is 0.275. The number of pyridine rings is 1. The maximum atomic E-state index is 13.2. The lowest BCUT2D eigenvalue weighted by molar-refractivity contribution is 0.0600. The van der Waals surface area contributed by atoms with E-state index in [0.717, 1.165) is 11.1 Å². The number of carbonyl (C=O) groups is 2. The molecule has 0 aliphatic heterocycles. The van der Waals surface area contributed by atoms with Crippen molar-refractivity contribution >= 4 is 40.6 Å². The molecule has 0 unspecified atom stereocenters. The van der Waals surface area contributed by atoms with Crippen molar-refractivity contribution < 1.29 is 23.8 Å². The van der Waals surface area contributed by atoms with Crippen LogP contribution in [0.1, 0.15) is 31.8 Å². The molecule has 1 aromatic heterocycles. The molecule has 1 N–H and O–H groups in total. The van der Waals surface area contributed by atoms with E-state index in [0.29, 0.717) is 49.8 Å². The Bertz CT molecular complexity index is 1770. The van der Waals surface area contributed by atoms with Gasteiger partial charge >= 0.3 is 5.97 Å². The first kappa shape index (κ1) is 28.3. The Labute approximate surface area is 247 Å². The molecule has 0 saturated heterocycles. The van der Waals surface area contributed by atoms with Crippen molar-refractivity contribution in [1.82, 2.24) is 10.4 Å². The highest BCUT2D eigenvalue weighted by Crippen LogP contribution is 2.29. The molecule has 0 atom stereocenters. The van der Waals surface area contributed by atoms with Crippen LogP contribution in [0.25, 0.3) is 22.2 Å². The Morgan fingerprint density at radius 1 is 0.905 bits per heavy atom. The number of carbonyl (C=O) groups excluding carboxylic acids is 2. The van der Waals surface area contributed by atoms with Gasteiger partial charge in [-0.2, -0.15) is 5.10 Å². The van der Waals surface area contributed by atoms with Crippen molar-refractivity contribution in [3.05, 3.63) is 124 Å². The first-order chi connectivity index (χ1) is 20.4. The van der Waals surface area contributed by atoms with Crippen LogP contribution in [0.15, 0.2) is 102 Å². The molecule has 5 rings (SSSR count). The summed E-state index contributed by atoms with van der Waals surface area (Å²) in [6.07, 6.45) is 1.53. The van der Waals surface area contributed by atoms with Crippen LogP contribution in [0.4, 0.5) is 0 Å². The third kappa shape index (κ3) is 6.56. The quantitative estimate of drug-likeness (QED) is 0.119. The van der Waals surface area contributed by atoms with Crippen LogP contribution in [0.2, 0.25) is 5.02 Å². The van der Waals surface area contributed by atoms with Gasteiger partial charge in [-0.3, -0.25) is 4.79 Å². The van der Waals surface area contributed by atoms with Crippen molar-refractivity contribution in [2.45, 2.75) is 6.61 Å². The van der Waals surface area contributed by atoms with E-state index in [4.69, 9.17) is 30.8 Å². The normalized spacial score (nSPS) is 10.9. The number of hydrogen-bond acceptors (Lipinski definition) is 7. The fourth-order valence-corrected chi connectivity index (χ4v) is 4.38. The summed E-state index contributed by atoms with van der Waals surface area (Å²) < 4.78 is 16.1. The summed E-state index contributed by atoms with van der Waals surface area (Å²) in [6.45, 7) is 0.277. The molecule has 42 heavy (non-hydrogen) atoms. The number of hydrogen-bond donors (Lipinski definition) is 1. The Kier molecular flexibility index (Phi) is 8.75. The second-order valence-corrected chi connectivity index (χ2v) is 9.60. The number of esters is 1. The zero-order valence-electron chi connectivity index (χ0n) is 22.8. The molecule has 1 heterocycles. The van der Waals surface area contributed by atoms with E-state index >= 15 is 0 Å². The second kappa shape index (κ2) is 13.0. The zero-order chi connectivity index (χ0) is 29.5. The summed E-state index contributed by atoms with van der Waals surface area (Å²) in [4.78, 5) is 29.6. The number of ether oxygens (including phenoxy) is 3. The average Bonchev–Trinajstić information content (AvgIpc) is 3.03. The zero-order valence-corrected chi connectivity index (χ0v) is 23.6. The van der Waals surface area contributed by atoms with Gasteiger partial charge in [0.25, 0.3) is 5.91 Å². The molecular weight excluding hydrogens is 554 g/mol. The van der Waals surface area contributed by atoms with Gasteiger partial charge in [-0.15, -0.1) is 0 Å². The predicted molar refractivity (Wildman–Crippen MR) is 162 cm³/mol. The van der Waals surface area contributed by atoms with E-state index in [2.05, 4.69) is 10.5 Å². The number of nitrogens with one attached hydrogen (secondary N) is 1. The Hall–Kier alpha value is -5.21. The van der Waals surface area contributed by atoms with E-state index in [1.807, 2.05) is 36.4 Å². The summed E-state index contributed by atoms with van der Waals surface area (Å²) in [5.41, 5.74) is 7.30. The molecule has 210 valence electrons. The topological polar surface area (TPSA) is 99.1 Å². The number of fused-ring (bicyclic) bond motifs is 1. The molecular formula is C33H26ClN3O5. The lowest BCUT2D eigenvalue weighted by Gasteiger charge is -2.12.